The van der Waals surface area contributed by atoms with Crippen LogP contribution in [0.2, 0.25) is 0 Å². The number of ether oxygens (including phenoxy) is 2. The highest BCUT2D eigenvalue weighted by molar-refractivity contribution is 5.82. The number of carbonyl (C=O) groups is 2. The molecule has 2 rings (SSSR count). The summed E-state index contributed by atoms with van der Waals surface area (Å²) in [5.41, 5.74) is 1.11. The predicted octanol–water partition coefficient (Wildman–Crippen LogP) is 1.95. The molecule has 0 saturated heterocycles. The van der Waals surface area contributed by atoms with Crippen LogP contribution in [0.3, 0.4) is 0 Å². The molecule has 0 bridgehead atoms. The molecule has 9 nitrogen and oxygen atoms in total. The molecule has 0 fully saturated rings. The Kier molecular flexibility index (Phi) is 6.22. The van der Waals surface area contributed by atoms with Crippen molar-refractivity contribution in [3.05, 3.63) is 29.6 Å². The van der Waals surface area contributed by atoms with Gasteiger partial charge in [-0.2, -0.15) is 10.5 Å². The Morgan fingerprint density at radius 3 is 2.64 bits per heavy atom. The van der Waals surface area contributed by atoms with Crippen molar-refractivity contribution in [2.45, 2.75) is 38.8 Å². The van der Waals surface area contributed by atoms with E-state index in [1.54, 1.807) is 56.7 Å². The molecule has 0 radical (unpaired) electrons. The van der Waals surface area contributed by atoms with Crippen LogP contribution in [-0.4, -0.2) is 39.9 Å². The minimum absolute atomic E-state index is 0.0244. The van der Waals surface area contributed by atoms with Crippen molar-refractivity contribution in [3.8, 4) is 12.1 Å². The monoisotopic (exact) mass is 383 g/mol. The molecule has 146 valence electrons. The molecular weight excluding hydrogens is 362 g/mol. The molecule has 9 heteroatoms. The number of fused-ring (bicyclic) bond motifs is 1. The van der Waals surface area contributed by atoms with E-state index in [-0.39, 0.29) is 6.42 Å². The lowest BCUT2D eigenvalue weighted by Crippen LogP contribution is -2.45. The van der Waals surface area contributed by atoms with Gasteiger partial charge in [-0.25, -0.2) is 14.6 Å². The van der Waals surface area contributed by atoms with Gasteiger partial charge in [-0.05, 0) is 39.0 Å². The molecule has 1 aromatic carbocycles. The lowest BCUT2D eigenvalue weighted by molar-refractivity contribution is -0.144. The number of aromatic nitrogens is 2. The summed E-state index contributed by atoms with van der Waals surface area (Å²) < 4.78 is 11.8. The van der Waals surface area contributed by atoms with Crippen LogP contribution in [0.25, 0.3) is 11.0 Å². The lowest BCUT2D eigenvalue weighted by atomic mass is 10.2. The van der Waals surface area contributed by atoms with Crippen LogP contribution in [0.15, 0.2) is 18.2 Å². The first-order valence-electron chi connectivity index (χ1n) is 8.53. The van der Waals surface area contributed by atoms with Gasteiger partial charge in [0.1, 0.15) is 23.5 Å². The van der Waals surface area contributed by atoms with Crippen molar-refractivity contribution in [2.24, 2.45) is 7.05 Å². The molecular formula is C19H21N5O4. The predicted molar refractivity (Wildman–Crippen MR) is 98.9 cm³/mol. The van der Waals surface area contributed by atoms with Gasteiger partial charge in [0.2, 0.25) is 0 Å². The standard InChI is InChI=1S/C19H21N5O4/c1-19(2,3)28-18(26)23-14(17(25)27-8-7-20)10-16-22-13-6-5-12(11-21)9-15(13)24(16)4/h5-6,9,14H,8,10H2,1-4H3,(H,23,26)/t14-/m0/s1. The highest BCUT2D eigenvalue weighted by Gasteiger charge is 2.27. The Morgan fingerprint density at radius 1 is 1.32 bits per heavy atom. The van der Waals surface area contributed by atoms with E-state index in [1.807, 2.05) is 0 Å². The Hall–Kier alpha value is -3.59. The first-order chi connectivity index (χ1) is 13.1. The normalized spacial score (nSPS) is 11.9. The molecule has 1 N–H and O–H groups in total. The van der Waals surface area contributed by atoms with E-state index in [1.165, 1.54) is 0 Å². The molecule has 1 atom stereocenters. The first-order valence-corrected chi connectivity index (χ1v) is 8.53. The summed E-state index contributed by atoms with van der Waals surface area (Å²) in [5, 5.41) is 20.2. The fraction of sp³-hybridized carbons (Fsp3) is 0.421. The lowest BCUT2D eigenvalue weighted by Gasteiger charge is -2.22. The van der Waals surface area contributed by atoms with Gasteiger partial charge in [-0.3, -0.25) is 0 Å². The summed E-state index contributed by atoms with van der Waals surface area (Å²) >= 11 is 0. The third-order valence-electron chi connectivity index (χ3n) is 3.74. The average Bonchev–Trinajstić information content (AvgIpc) is 2.92. The van der Waals surface area contributed by atoms with E-state index in [4.69, 9.17) is 20.0 Å². The zero-order chi connectivity index (χ0) is 20.9. The number of carbonyl (C=O) groups excluding carboxylic acids is 2. The van der Waals surface area contributed by atoms with Gasteiger partial charge in [0, 0.05) is 13.5 Å². The molecule has 1 amide bonds. The van der Waals surface area contributed by atoms with Gasteiger partial charge in [0.25, 0.3) is 0 Å². The summed E-state index contributed by atoms with van der Waals surface area (Å²) in [6.45, 7) is 4.68. The molecule has 1 aromatic heterocycles. The smallest absolute Gasteiger partial charge is 0.408 e. The number of hydrogen-bond donors (Lipinski definition) is 1. The number of benzene rings is 1. The first kappa shape index (κ1) is 20.7. The number of alkyl carbamates (subject to hydrolysis) is 1. The molecule has 0 spiro atoms. The molecule has 0 saturated carbocycles. The van der Waals surface area contributed by atoms with E-state index in [9.17, 15) is 9.59 Å². The molecule has 0 unspecified atom stereocenters. The number of amides is 1. The van der Waals surface area contributed by atoms with E-state index < -0.39 is 30.3 Å². The summed E-state index contributed by atoms with van der Waals surface area (Å²) in [7, 11) is 1.75. The zero-order valence-electron chi connectivity index (χ0n) is 16.1. The molecule has 0 aliphatic rings. The number of imidazole rings is 1. The zero-order valence-corrected chi connectivity index (χ0v) is 16.1. The summed E-state index contributed by atoms with van der Waals surface area (Å²) in [5.74, 6) is -0.266. The Labute approximate surface area is 162 Å². The SMILES string of the molecule is Cn1c(C[C@H](NC(=O)OC(C)(C)C)C(=O)OCC#N)nc2ccc(C#N)cc21. The van der Waals surface area contributed by atoms with Gasteiger partial charge in [0.15, 0.2) is 6.61 Å². The molecule has 28 heavy (non-hydrogen) atoms. The largest absolute Gasteiger partial charge is 0.449 e. The number of esters is 1. The van der Waals surface area contributed by atoms with Crippen LogP contribution >= 0.6 is 0 Å². The fourth-order valence-corrected chi connectivity index (χ4v) is 2.52. The highest BCUT2D eigenvalue weighted by atomic mass is 16.6. The number of nitrogens with one attached hydrogen (secondary N) is 1. The van der Waals surface area contributed by atoms with Crippen molar-refractivity contribution in [2.75, 3.05) is 6.61 Å². The van der Waals surface area contributed by atoms with Crippen LogP contribution in [0.1, 0.15) is 32.2 Å². The van der Waals surface area contributed by atoms with Crippen LogP contribution in [-0.2, 0) is 27.7 Å². The van der Waals surface area contributed by atoms with E-state index in [0.29, 0.717) is 16.9 Å². The number of nitriles is 2. The Balaban J connectivity index is 2.28. The minimum Gasteiger partial charge on any atom is -0.449 e. The molecule has 0 aliphatic carbocycles. The second kappa shape index (κ2) is 8.40. The summed E-state index contributed by atoms with van der Waals surface area (Å²) in [6, 6.07) is 7.74. The van der Waals surface area contributed by atoms with Crippen LogP contribution in [0, 0.1) is 22.7 Å². The van der Waals surface area contributed by atoms with Gasteiger partial charge < -0.3 is 19.4 Å². The van der Waals surface area contributed by atoms with E-state index in [2.05, 4.69) is 16.4 Å². The Morgan fingerprint density at radius 2 is 2.04 bits per heavy atom. The van der Waals surface area contributed by atoms with Gasteiger partial charge >= 0.3 is 12.1 Å². The molecule has 1 heterocycles. The number of hydrogen-bond acceptors (Lipinski definition) is 7. The fourth-order valence-electron chi connectivity index (χ4n) is 2.52. The second-order valence-electron chi connectivity index (χ2n) is 7.07. The van der Waals surface area contributed by atoms with Crippen molar-refractivity contribution in [3.63, 3.8) is 0 Å². The number of nitrogens with zero attached hydrogens (tertiary/aromatic N) is 4. The maximum absolute atomic E-state index is 12.3. The molecule has 2 aromatic rings. The topological polar surface area (TPSA) is 130 Å². The third kappa shape index (κ3) is 5.21. The Bertz CT molecular complexity index is 975. The van der Waals surface area contributed by atoms with Gasteiger partial charge in [-0.1, -0.05) is 0 Å². The highest BCUT2D eigenvalue weighted by Crippen LogP contribution is 2.18. The van der Waals surface area contributed by atoms with Crippen molar-refractivity contribution in [1.82, 2.24) is 14.9 Å². The van der Waals surface area contributed by atoms with Crippen molar-refractivity contribution < 1.29 is 19.1 Å². The van der Waals surface area contributed by atoms with Crippen LogP contribution in [0.5, 0.6) is 0 Å². The summed E-state index contributed by atoms with van der Waals surface area (Å²) in [6.07, 6.45) is -0.756. The van der Waals surface area contributed by atoms with Crippen molar-refractivity contribution >= 4 is 23.1 Å². The minimum atomic E-state index is -1.09. The van der Waals surface area contributed by atoms with Crippen LogP contribution < -0.4 is 5.32 Å². The number of rotatable bonds is 5. The van der Waals surface area contributed by atoms with Crippen LogP contribution in [0.4, 0.5) is 4.79 Å². The van der Waals surface area contributed by atoms with Gasteiger partial charge in [-0.15, -0.1) is 0 Å². The summed E-state index contributed by atoms with van der Waals surface area (Å²) in [4.78, 5) is 28.9. The number of aryl methyl sites for hydroxylation is 1. The van der Waals surface area contributed by atoms with Gasteiger partial charge in [0.05, 0.1) is 22.7 Å². The second-order valence-corrected chi connectivity index (χ2v) is 7.07. The maximum atomic E-state index is 12.3. The molecule has 0 aliphatic heterocycles. The maximum Gasteiger partial charge on any atom is 0.408 e. The third-order valence-corrected chi connectivity index (χ3v) is 3.74. The average molecular weight is 383 g/mol. The van der Waals surface area contributed by atoms with E-state index >= 15 is 0 Å². The quantitative estimate of drug-likeness (QED) is 0.781. The van der Waals surface area contributed by atoms with E-state index in [0.717, 1.165) is 5.52 Å². The van der Waals surface area contributed by atoms with Crippen molar-refractivity contribution in [1.29, 1.82) is 10.5 Å².